The maximum absolute atomic E-state index is 13.9. The van der Waals surface area contributed by atoms with Gasteiger partial charge in [-0.2, -0.15) is 5.10 Å². The molecular weight excluding hydrogens is 217 g/mol. The molecule has 0 aliphatic heterocycles. The van der Waals surface area contributed by atoms with Gasteiger partial charge in [0.15, 0.2) is 0 Å². The predicted molar refractivity (Wildman–Crippen MR) is 63.2 cm³/mol. The molecule has 3 nitrogen and oxygen atoms in total. The second-order valence-corrected chi connectivity index (χ2v) is 4.41. The SMILES string of the molecule is Fc1cccc2[nH]c3c(c12)CCc1cn[nH]c1-3. The molecule has 1 aliphatic carbocycles. The summed E-state index contributed by atoms with van der Waals surface area (Å²) in [7, 11) is 0. The van der Waals surface area contributed by atoms with Crippen molar-refractivity contribution in [2.24, 2.45) is 0 Å². The van der Waals surface area contributed by atoms with E-state index in [1.807, 2.05) is 12.3 Å². The van der Waals surface area contributed by atoms with Crippen LogP contribution in [0.2, 0.25) is 0 Å². The highest BCUT2D eigenvalue weighted by molar-refractivity contribution is 5.91. The normalized spacial score (nSPS) is 13.7. The molecule has 0 bridgehead atoms. The second kappa shape index (κ2) is 2.97. The average molecular weight is 227 g/mol. The fourth-order valence-corrected chi connectivity index (χ4v) is 2.71. The Morgan fingerprint density at radius 2 is 2.12 bits per heavy atom. The van der Waals surface area contributed by atoms with Crippen LogP contribution in [-0.2, 0) is 12.8 Å². The molecule has 1 aliphatic rings. The minimum Gasteiger partial charge on any atom is -0.353 e. The third-order valence-electron chi connectivity index (χ3n) is 3.49. The van der Waals surface area contributed by atoms with Gasteiger partial charge in [0.2, 0.25) is 0 Å². The number of hydrogen-bond donors (Lipinski definition) is 2. The third-order valence-corrected chi connectivity index (χ3v) is 3.49. The van der Waals surface area contributed by atoms with Gasteiger partial charge in [-0.1, -0.05) is 6.07 Å². The first-order valence-electron chi connectivity index (χ1n) is 5.66. The Kier molecular flexibility index (Phi) is 1.57. The summed E-state index contributed by atoms with van der Waals surface area (Å²) in [6.45, 7) is 0. The summed E-state index contributed by atoms with van der Waals surface area (Å²) in [4.78, 5) is 3.29. The van der Waals surface area contributed by atoms with Gasteiger partial charge in [-0.05, 0) is 36.1 Å². The average Bonchev–Trinajstić information content (AvgIpc) is 2.91. The van der Waals surface area contributed by atoms with E-state index < -0.39 is 0 Å². The lowest BCUT2D eigenvalue weighted by molar-refractivity contribution is 0.639. The van der Waals surface area contributed by atoms with Gasteiger partial charge in [0, 0.05) is 10.9 Å². The van der Waals surface area contributed by atoms with Crippen LogP contribution >= 0.6 is 0 Å². The maximum Gasteiger partial charge on any atom is 0.132 e. The number of rotatable bonds is 0. The highest BCUT2D eigenvalue weighted by Crippen LogP contribution is 2.36. The molecule has 2 N–H and O–H groups in total. The monoisotopic (exact) mass is 227 g/mol. The first kappa shape index (κ1) is 8.98. The number of nitrogens with one attached hydrogen (secondary N) is 2. The number of H-pyrrole nitrogens is 2. The Labute approximate surface area is 96.7 Å². The minimum absolute atomic E-state index is 0.150. The highest BCUT2D eigenvalue weighted by atomic mass is 19.1. The van der Waals surface area contributed by atoms with Crippen molar-refractivity contribution in [2.75, 3.05) is 0 Å². The molecule has 0 fully saturated rings. The van der Waals surface area contributed by atoms with Crippen molar-refractivity contribution in [3.05, 3.63) is 41.3 Å². The summed E-state index contributed by atoms with van der Waals surface area (Å²) in [6, 6.07) is 5.15. The highest BCUT2D eigenvalue weighted by Gasteiger charge is 2.23. The molecule has 84 valence electrons. The van der Waals surface area contributed by atoms with Gasteiger partial charge in [-0.3, -0.25) is 5.10 Å². The number of nitrogens with zero attached hydrogens (tertiary/aromatic N) is 1. The standard InChI is InChI=1S/C13H10FN3/c14-9-2-1-3-10-11(9)8-5-4-7-6-15-17-12(7)13(8)16-10/h1-3,6,16H,4-5H2,(H,15,17). The molecule has 0 saturated carbocycles. The maximum atomic E-state index is 13.9. The topological polar surface area (TPSA) is 44.5 Å². The van der Waals surface area contributed by atoms with E-state index in [4.69, 9.17) is 0 Å². The van der Waals surface area contributed by atoms with Crippen molar-refractivity contribution in [1.29, 1.82) is 0 Å². The summed E-state index contributed by atoms with van der Waals surface area (Å²) in [6.07, 6.45) is 3.63. The van der Waals surface area contributed by atoms with E-state index >= 15 is 0 Å². The molecule has 2 heterocycles. The zero-order valence-corrected chi connectivity index (χ0v) is 9.05. The number of fused-ring (bicyclic) bond motifs is 5. The van der Waals surface area contributed by atoms with E-state index in [1.165, 1.54) is 11.6 Å². The summed E-state index contributed by atoms with van der Waals surface area (Å²) in [5.41, 5.74) is 5.11. The van der Waals surface area contributed by atoms with Gasteiger partial charge < -0.3 is 4.98 Å². The fourth-order valence-electron chi connectivity index (χ4n) is 2.71. The second-order valence-electron chi connectivity index (χ2n) is 4.41. The molecule has 4 heteroatoms. The molecule has 0 saturated heterocycles. The van der Waals surface area contributed by atoms with Gasteiger partial charge >= 0.3 is 0 Å². The lowest BCUT2D eigenvalue weighted by atomic mass is 9.94. The number of aromatic amines is 2. The molecule has 0 spiro atoms. The molecule has 0 unspecified atom stereocenters. The molecule has 0 amide bonds. The van der Waals surface area contributed by atoms with Crippen LogP contribution < -0.4 is 0 Å². The summed E-state index contributed by atoms with van der Waals surface area (Å²) in [5.74, 6) is -0.150. The molecule has 17 heavy (non-hydrogen) atoms. The fraction of sp³-hybridized carbons (Fsp3) is 0.154. The number of aromatic nitrogens is 3. The Balaban J connectivity index is 2.14. The van der Waals surface area contributed by atoms with Crippen LogP contribution in [0.4, 0.5) is 4.39 Å². The summed E-state index contributed by atoms with van der Waals surface area (Å²) >= 11 is 0. The van der Waals surface area contributed by atoms with Gasteiger partial charge in [0.1, 0.15) is 5.82 Å². The number of benzene rings is 1. The molecular formula is C13H10FN3. The van der Waals surface area contributed by atoms with E-state index in [2.05, 4.69) is 15.2 Å². The number of halogens is 1. The number of aryl methyl sites for hydroxylation is 2. The summed E-state index contributed by atoms with van der Waals surface area (Å²) in [5, 5.41) is 7.77. The van der Waals surface area contributed by atoms with Crippen LogP contribution in [0.3, 0.4) is 0 Å². The summed E-state index contributed by atoms with van der Waals surface area (Å²) < 4.78 is 13.9. The van der Waals surface area contributed by atoms with Crippen LogP contribution in [-0.4, -0.2) is 15.2 Å². The predicted octanol–water partition coefficient (Wildman–Crippen LogP) is 2.80. The van der Waals surface area contributed by atoms with Crippen molar-refractivity contribution < 1.29 is 4.39 Å². The van der Waals surface area contributed by atoms with Crippen molar-refractivity contribution in [2.45, 2.75) is 12.8 Å². The third kappa shape index (κ3) is 1.07. The molecule has 4 rings (SSSR count). The Bertz CT molecular complexity index is 723. The largest absolute Gasteiger partial charge is 0.353 e. The zero-order chi connectivity index (χ0) is 11.4. The van der Waals surface area contributed by atoms with Gasteiger partial charge in [0.25, 0.3) is 0 Å². The smallest absolute Gasteiger partial charge is 0.132 e. The van der Waals surface area contributed by atoms with Crippen molar-refractivity contribution >= 4 is 10.9 Å². The molecule has 0 radical (unpaired) electrons. The van der Waals surface area contributed by atoms with Crippen molar-refractivity contribution in [1.82, 2.24) is 15.2 Å². The molecule has 3 aromatic rings. The Morgan fingerprint density at radius 3 is 3.06 bits per heavy atom. The van der Waals surface area contributed by atoms with Crippen LogP contribution in [0, 0.1) is 5.82 Å². The quantitative estimate of drug-likeness (QED) is 0.609. The van der Waals surface area contributed by atoms with E-state index in [9.17, 15) is 4.39 Å². The van der Waals surface area contributed by atoms with E-state index in [1.54, 1.807) is 6.07 Å². The van der Waals surface area contributed by atoms with E-state index in [-0.39, 0.29) is 5.82 Å². The van der Waals surface area contributed by atoms with Crippen LogP contribution in [0.1, 0.15) is 11.1 Å². The zero-order valence-electron chi connectivity index (χ0n) is 9.05. The van der Waals surface area contributed by atoms with Crippen molar-refractivity contribution in [3.63, 3.8) is 0 Å². The Morgan fingerprint density at radius 1 is 1.18 bits per heavy atom. The van der Waals surface area contributed by atoms with E-state index in [0.29, 0.717) is 0 Å². The lowest BCUT2D eigenvalue weighted by Crippen LogP contribution is -2.01. The van der Waals surface area contributed by atoms with Crippen LogP contribution in [0.5, 0.6) is 0 Å². The first-order chi connectivity index (χ1) is 8.34. The van der Waals surface area contributed by atoms with Gasteiger partial charge in [-0.25, -0.2) is 4.39 Å². The van der Waals surface area contributed by atoms with Crippen LogP contribution in [0.15, 0.2) is 24.4 Å². The number of hydrogen-bond acceptors (Lipinski definition) is 1. The Hall–Kier alpha value is -2.10. The van der Waals surface area contributed by atoms with Crippen LogP contribution in [0.25, 0.3) is 22.3 Å². The minimum atomic E-state index is -0.150. The van der Waals surface area contributed by atoms with Crippen molar-refractivity contribution in [3.8, 4) is 11.4 Å². The first-order valence-corrected chi connectivity index (χ1v) is 5.66. The molecule has 1 aromatic carbocycles. The van der Waals surface area contributed by atoms with E-state index in [0.717, 1.165) is 40.7 Å². The molecule has 0 atom stereocenters. The molecule has 2 aromatic heterocycles. The van der Waals surface area contributed by atoms with Gasteiger partial charge in [-0.15, -0.1) is 0 Å². The van der Waals surface area contributed by atoms with Gasteiger partial charge in [0.05, 0.1) is 17.6 Å². The lowest BCUT2D eigenvalue weighted by Gasteiger charge is -2.11.